The molecule has 0 aliphatic carbocycles. The van der Waals surface area contributed by atoms with E-state index in [0.717, 1.165) is 6.42 Å². The van der Waals surface area contributed by atoms with Gasteiger partial charge in [-0.2, -0.15) is 0 Å². The number of benzene rings is 1. The van der Waals surface area contributed by atoms with Crippen LogP contribution < -0.4 is 5.32 Å². The summed E-state index contributed by atoms with van der Waals surface area (Å²) in [5.74, 6) is 0.473. The molecule has 0 bridgehead atoms. The number of hydrogen-bond donors (Lipinski definition) is 1. The van der Waals surface area contributed by atoms with E-state index in [2.05, 4.69) is 24.1 Å². The zero-order valence-electron chi connectivity index (χ0n) is 11.2. The third-order valence-electron chi connectivity index (χ3n) is 2.82. The summed E-state index contributed by atoms with van der Waals surface area (Å²) in [6, 6.07) is 10.0. The highest BCUT2D eigenvalue weighted by molar-refractivity contribution is 7.15. The average molecular weight is 274 g/mol. The van der Waals surface area contributed by atoms with Gasteiger partial charge < -0.3 is 5.32 Å². The van der Waals surface area contributed by atoms with Gasteiger partial charge in [-0.3, -0.25) is 4.79 Å². The monoisotopic (exact) mass is 274 g/mol. The number of anilines is 1. The van der Waals surface area contributed by atoms with E-state index in [-0.39, 0.29) is 5.91 Å². The molecule has 1 amide bonds. The number of nitrogens with one attached hydrogen (secondary N) is 1. The first-order valence-electron chi connectivity index (χ1n) is 6.44. The van der Waals surface area contributed by atoms with Crippen molar-refractivity contribution in [3.8, 4) is 0 Å². The normalized spacial score (nSPS) is 10.7. The Balaban J connectivity index is 1.84. The number of hydrogen-bond acceptors (Lipinski definition) is 3. The number of amides is 1. The first-order valence-corrected chi connectivity index (χ1v) is 7.26. The summed E-state index contributed by atoms with van der Waals surface area (Å²) in [4.78, 5) is 17.2. The van der Waals surface area contributed by atoms with Crippen LogP contribution in [0.25, 0.3) is 0 Å². The number of aromatic nitrogens is 1. The molecule has 100 valence electrons. The molecular weight excluding hydrogens is 256 g/mol. The lowest BCUT2D eigenvalue weighted by Crippen LogP contribution is -2.11. The Morgan fingerprint density at radius 3 is 2.68 bits per heavy atom. The molecule has 2 aromatic rings. The van der Waals surface area contributed by atoms with Crippen LogP contribution in [-0.4, -0.2) is 10.9 Å². The minimum atomic E-state index is 0.0218. The molecule has 0 aliphatic heterocycles. The SMILES string of the molecule is CC(C)c1cnc(NC(=O)CCc2ccccc2)s1. The van der Waals surface area contributed by atoms with E-state index in [0.29, 0.717) is 17.5 Å². The summed E-state index contributed by atoms with van der Waals surface area (Å²) < 4.78 is 0. The zero-order valence-corrected chi connectivity index (χ0v) is 12.0. The van der Waals surface area contributed by atoms with Gasteiger partial charge in [-0.15, -0.1) is 11.3 Å². The molecule has 0 unspecified atom stereocenters. The first-order chi connectivity index (χ1) is 9.15. The Morgan fingerprint density at radius 2 is 2.05 bits per heavy atom. The molecule has 0 spiro atoms. The van der Waals surface area contributed by atoms with E-state index in [1.807, 2.05) is 36.5 Å². The van der Waals surface area contributed by atoms with Crippen molar-refractivity contribution in [1.82, 2.24) is 4.98 Å². The van der Waals surface area contributed by atoms with Gasteiger partial charge in [0.05, 0.1) is 0 Å². The van der Waals surface area contributed by atoms with E-state index in [9.17, 15) is 4.79 Å². The second-order valence-electron chi connectivity index (χ2n) is 4.76. The first kappa shape index (κ1) is 13.7. The average Bonchev–Trinajstić information content (AvgIpc) is 2.86. The van der Waals surface area contributed by atoms with Gasteiger partial charge in [0.25, 0.3) is 0 Å². The molecule has 0 radical (unpaired) electrons. The molecule has 0 saturated carbocycles. The number of aryl methyl sites for hydroxylation is 1. The van der Waals surface area contributed by atoms with E-state index in [1.54, 1.807) is 11.3 Å². The van der Waals surface area contributed by atoms with Crippen LogP contribution in [0.2, 0.25) is 0 Å². The quantitative estimate of drug-likeness (QED) is 0.900. The van der Waals surface area contributed by atoms with Crippen molar-refractivity contribution in [3.63, 3.8) is 0 Å². The second kappa shape index (κ2) is 6.48. The van der Waals surface area contributed by atoms with Gasteiger partial charge in [-0.25, -0.2) is 4.98 Å². The van der Waals surface area contributed by atoms with Crippen molar-refractivity contribution < 1.29 is 4.79 Å². The van der Waals surface area contributed by atoms with Crippen molar-refractivity contribution in [1.29, 1.82) is 0 Å². The Morgan fingerprint density at radius 1 is 1.32 bits per heavy atom. The van der Waals surface area contributed by atoms with Crippen LogP contribution in [0.15, 0.2) is 36.5 Å². The fraction of sp³-hybridized carbons (Fsp3) is 0.333. The summed E-state index contributed by atoms with van der Waals surface area (Å²) >= 11 is 1.55. The predicted molar refractivity (Wildman–Crippen MR) is 79.6 cm³/mol. The van der Waals surface area contributed by atoms with Gasteiger partial charge >= 0.3 is 0 Å². The molecule has 0 aliphatic rings. The lowest BCUT2D eigenvalue weighted by Gasteiger charge is -2.02. The topological polar surface area (TPSA) is 42.0 Å². The van der Waals surface area contributed by atoms with Crippen molar-refractivity contribution in [3.05, 3.63) is 47.0 Å². The van der Waals surface area contributed by atoms with Crippen LogP contribution in [0.5, 0.6) is 0 Å². The van der Waals surface area contributed by atoms with Crippen LogP contribution >= 0.6 is 11.3 Å². The minimum absolute atomic E-state index is 0.0218. The summed E-state index contributed by atoms with van der Waals surface area (Å²) in [7, 11) is 0. The molecule has 2 rings (SSSR count). The van der Waals surface area contributed by atoms with Gasteiger partial charge in [0, 0.05) is 17.5 Å². The van der Waals surface area contributed by atoms with Crippen LogP contribution in [0, 0.1) is 0 Å². The van der Waals surface area contributed by atoms with E-state index in [4.69, 9.17) is 0 Å². The zero-order chi connectivity index (χ0) is 13.7. The second-order valence-corrected chi connectivity index (χ2v) is 5.82. The van der Waals surface area contributed by atoms with Crippen molar-refractivity contribution in [2.24, 2.45) is 0 Å². The van der Waals surface area contributed by atoms with Crippen LogP contribution in [0.1, 0.15) is 36.6 Å². The number of carbonyl (C=O) groups excluding carboxylic acids is 1. The summed E-state index contributed by atoms with van der Waals surface area (Å²) in [6.07, 6.45) is 3.08. The van der Waals surface area contributed by atoms with Crippen LogP contribution in [-0.2, 0) is 11.2 Å². The van der Waals surface area contributed by atoms with E-state index >= 15 is 0 Å². The maximum Gasteiger partial charge on any atom is 0.226 e. The lowest BCUT2D eigenvalue weighted by molar-refractivity contribution is -0.116. The highest BCUT2D eigenvalue weighted by atomic mass is 32.1. The fourth-order valence-electron chi connectivity index (χ4n) is 1.70. The lowest BCUT2D eigenvalue weighted by atomic mass is 10.1. The Labute approximate surface area is 117 Å². The molecule has 1 aromatic carbocycles. The van der Waals surface area contributed by atoms with Gasteiger partial charge in [-0.1, -0.05) is 44.2 Å². The molecule has 0 atom stereocenters. The minimum Gasteiger partial charge on any atom is -0.302 e. The van der Waals surface area contributed by atoms with Crippen LogP contribution in [0.3, 0.4) is 0 Å². The molecule has 4 heteroatoms. The van der Waals surface area contributed by atoms with E-state index < -0.39 is 0 Å². The highest BCUT2D eigenvalue weighted by Gasteiger charge is 2.08. The molecule has 1 N–H and O–H groups in total. The predicted octanol–water partition coefficient (Wildman–Crippen LogP) is 3.84. The Bertz CT molecular complexity index is 534. The van der Waals surface area contributed by atoms with Crippen molar-refractivity contribution >= 4 is 22.4 Å². The van der Waals surface area contributed by atoms with Crippen LogP contribution in [0.4, 0.5) is 5.13 Å². The summed E-state index contributed by atoms with van der Waals surface area (Å²) in [5, 5.41) is 3.55. The number of carbonyl (C=O) groups is 1. The van der Waals surface area contributed by atoms with Gasteiger partial charge in [0.15, 0.2) is 5.13 Å². The summed E-state index contributed by atoms with van der Waals surface area (Å²) in [6.45, 7) is 4.24. The van der Waals surface area contributed by atoms with Gasteiger partial charge in [0.2, 0.25) is 5.91 Å². The molecule has 1 aromatic heterocycles. The summed E-state index contributed by atoms with van der Waals surface area (Å²) in [5.41, 5.74) is 1.18. The maximum atomic E-state index is 11.8. The van der Waals surface area contributed by atoms with Crippen molar-refractivity contribution in [2.75, 3.05) is 5.32 Å². The molecule has 1 heterocycles. The van der Waals surface area contributed by atoms with Gasteiger partial charge in [-0.05, 0) is 17.9 Å². The molecule has 3 nitrogen and oxygen atoms in total. The fourth-order valence-corrected chi connectivity index (χ4v) is 2.53. The smallest absolute Gasteiger partial charge is 0.226 e. The molecule has 0 saturated heterocycles. The van der Waals surface area contributed by atoms with Crippen molar-refractivity contribution in [2.45, 2.75) is 32.6 Å². The number of rotatable bonds is 5. The maximum absolute atomic E-state index is 11.8. The molecule has 19 heavy (non-hydrogen) atoms. The largest absolute Gasteiger partial charge is 0.302 e. The highest BCUT2D eigenvalue weighted by Crippen LogP contribution is 2.25. The standard InChI is InChI=1S/C15H18N2OS/c1-11(2)13-10-16-15(19-13)17-14(18)9-8-12-6-4-3-5-7-12/h3-7,10-11H,8-9H2,1-2H3,(H,16,17,18). The van der Waals surface area contributed by atoms with E-state index in [1.165, 1.54) is 10.4 Å². The Hall–Kier alpha value is -1.68. The number of thiazole rings is 1. The number of nitrogens with zero attached hydrogens (tertiary/aromatic N) is 1. The third-order valence-corrected chi connectivity index (χ3v) is 4.04. The Kier molecular flexibility index (Phi) is 4.68. The molecular formula is C15H18N2OS. The third kappa shape index (κ3) is 4.17. The molecule has 0 fully saturated rings. The van der Waals surface area contributed by atoms with Gasteiger partial charge in [0.1, 0.15) is 0 Å².